The topological polar surface area (TPSA) is 83.6 Å². The second-order valence-corrected chi connectivity index (χ2v) is 8.44. The highest BCUT2D eigenvalue weighted by molar-refractivity contribution is 5.98. The van der Waals surface area contributed by atoms with E-state index in [9.17, 15) is 18.7 Å². The molecule has 8 heteroatoms. The second kappa shape index (κ2) is 11.2. The summed E-state index contributed by atoms with van der Waals surface area (Å²) >= 11 is 0. The van der Waals surface area contributed by atoms with Crippen molar-refractivity contribution in [3.05, 3.63) is 83.6 Å². The normalized spacial score (nSPS) is 11.9. The molecule has 6 nitrogen and oxygen atoms in total. The van der Waals surface area contributed by atoms with Crippen LogP contribution in [0, 0.1) is 11.6 Å². The maximum atomic E-state index is 14.9. The van der Waals surface area contributed by atoms with Crippen LogP contribution in [0.3, 0.4) is 0 Å². The van der Waals surface area contributed by atoms with Crippen LogP contribution in [0.5, 0.6) is 11.5 Å². The molecule has 0 saturated heterocycles. The van der Waals surface area contributed by atoms with Gasteiger partial charge < -0.3 is 24.9 Å². The molecule has 1 atom stereocenters. The Morgan fingerprint density at radius 2 is 1.94 bits per heavy atom. The molecule has 4 aromatic rings. The van der Waals surface area contributed by atoms with Crippen molar-refractivity contribution in [2.45, 2.75) is 25.8 Å². The smallest absolute Gasteiger partial charge is 0.255 e. The van der Waals surface area contributed by atoms with E-state index in [1.54, 1.807) is 42.6 Å². The summed E-state index contributed by atoms with van der Waals surface area (Å²) in [6, 6.07) is 13.5. The third-order valence-electron chi connectivity index (χ3n) is 5.93. The van der Waals surface area contributed by atoms with Gasteiger partial charge in [-0.1, -0.05) is 25.1 Å². The van der Waals surface area contributed by atoms with Crippen LogP contribution in [-0.2, 0) is 6.42 Å². The van der Waals surface area contributed by atoms with Gasteiger partial charge in [0.1, 0.15) is 11.6 Å². The van der Waals surface area contributed by atoms with E-state index in [1.807, 2.05) is 6.92 Å². The summed E-state index contributed by atoms with van der Waals surface area (Å²) in [5, 5.41) is 13.5. The van der Waals surface area contributed by atoms with E-state index in [2.05, 4.69) is 10.3 Å². The van der Waals surface area contributed by atoms with Crippen LogP contribution in [0.4, 0.5) is 8.78 Å². The first-order valence-corrected chi connectivity index (χ1v) is 11.7. The van der Waals surface area contributed by atoms with Gasteiger partial charge in [0.2, 0.25) is 0 Å². The van der Waals surface area contributed by atoms with Gasteiger partial charge in [0.15, 0.2) is 11.6 Å². The Hall–Kier alpha value is -3.91. The summed E-state index contributed by atoms with van der Waals surface area (Å²) in [5.41, 5.74) is 2.50. The lowest BCUT2D eigenvalue weighted by Gasteiger charge is -2.18. The zero-order valence-corrected chi connectivity index (χ0v) is 20.1. The van der Waals surface area contributed by atoms with E-state index in [0.717, 1.165) is 17.5 Å². The highest BCUT2D eigenvalue weighted by Gasteiger charge is 2.21. The molecule has 1 aromatic heterocycles. The first kappa shape index (κ1) is 25.2. The van der Waals surface area contributed by atoms with Gasteiger partial charge in [0.05, 0.1) is 31.9 Å². The molecule has 0 aliphatic carbocycles. The monoisotopic (exact) mass is 494 g/mol. The van der Waals surface area contributed by atoms with Crippen LogP contribution in [0.1, 0.15) is 29.3 Å². The highest BCUT2D eigenvalue weighted by atomic mass is 19.1. The van der Waals surface area contributed by atoms with E-state index < -0.39 is 17.8 Å². The zero-order valence-electron chi connectivity index (χ0n) is 20.1. The highest BCUT2D eigenvalue weighted by Crippen LogP contribution is 2.32. The molecular weight excluding hydrogens is 466 g/mol. The van der Waals surface area contributed by atoms with Crippen molar-refractivity contribution in [2.24, 2.45) is 0 Å². The Balaban J connectivity index is 1.63. The van der Waals surface area contributed by atoms with Gasteiger partial charge in [0, 0.05) is 22.7 Å². The van der Waals surface area contributed by atoms with Crippen molar-refractivity contribution in [3.8, 4) is 22.6 Å². The maximum absolute atomic E-state index is 14.9. The van der Waals surface area contributed by atoms with Crippen LogP contribution >= 0.6 is 0 Å². The van der Waals surface area contributed by atoms with Gasteiger partial charge >= 0.3 is 0 Å². The largest absolute Gasteiger partial charge is 0.494 e. The summed E-state index contributed by atoms with van der Waals surface area (Å²) in [7, 11) is 1.39. The molecule has 0 aliphatic heterocycles. The summed E-state index contributed by atoms with van der Waals surface area (Å²) in [4.78, 5) is 16.4. The van der Waals surface area contributed by atoms with Crippen LogP contribution in [-0.4, -0.2) is 42.4 Å². The minimum Gasteiger partial charge on any atom is -0.494 e. The molecule has 188 valence electrons. The second-order valence-electron chi connectivity index (χ2n) is 8.44. The molecule has 0 fully saturated rings. The van der Waals surface area contributed by atoms with Crippen LogP contribution in [0.2, 0.25) is 0 Å². The molecule has 1 unspecified atom stereocenters. The first-order chi connectivity index (χ1) is 17.4. The number of hydrogen-bond acceptors (Lipinski definition) is 4. The number of carbonyl (C=O) groups is 1. The average Bonchev–Trinajstić information content (AvgIpc) is 3.28. The number of hydrogen-bond donors (Lipinski definition) is 3. The number of aromatic amines is 1. The minimum absolute atomic E-state index is 0.0975. The number of carbonyl (C=O) groups excluding carboxylic acids is 1. The fraction of sp³-hybridized carbons (Fsp3) is 0.250. The Bertz CT molecular complexity index is 1370. The average molecular weight is 495 g/mol. The number of amides is 1. The Morgan fingerprint density at radius 1 is 1.11 bits per heavy atom. The predicted molar refractivity (Wildman–Crippen MR) is 134 cm³/mol. The fourth-order valence-electron chi connectivity index (χ4n) is 4.11. The van der Waals surface area contributed by atoms with Gasteiger partial charge in [-0.3, -0.25) is 4.79 Å². The summed E-state index contributed by atoms with van der Waals surface area (Å²) in [5.74, 6) is -0.926. The summed E-state index contributed by atoms with van der Waals surface area (Å²) in [6.45, 7) is 2.02. The van der Waals surface area contributed by atoms with Gasteiger partial charge in [-0.05, 0) is 60.4 Å². The van der Waals surface area contributed by atoms with Crippen molar-refractivity contribution < 1.29 is 28.2 Å². The number of halogens is 2. The van der Waals surface area contributed by atoms with E-state index in [0.29, 0.717) is 23.3 Å². The summed E-state index contributed by atoms with van der Waals surface area (Å²) < 4.78 is 39.5. The van der Waals surface area contributed by atoms with Crippen molar-refractivity contribution in [1.82, 2.24) is 10.3 Å². The molecule has 1 amide bonds. The van der Waals surface area contributed by atoms with Crippen molar-refractivity contribution in [3.63, 3.8) is 0 Å². The molecule has 4 rings (SSSR count). The lowest BCUT2D eigenvalue weighted by atomic mass is 10.0. The number of fused-ring (bicyclic) bond motifs is 1. The number of aromatic nitrogens is 1. The number of methoxy groups -OCH3 is 1. The Labute approximate surface area is 207 Å². The third kappa shape index (κ3) is 5.33. The molecule has 3 N–H and O–H groups in total. The molecule has 0 bridgehead atoms. The van der Waals surface area contributed by atoms with Crippen LogP contribution < -0.4 is 14.8 Å². The zero-order chi connectivity index (χ0) is 25.7. The molecule has 0 aliphatic rings. The summed E-state index contributed by atoms with van der Waals surface area (Å²) in [6.07, 6.45) is 2.76. The molecule has 1 heterocycles. The predicted octanol–water partition coefficient (Wildman–Crippen LogP) is 5.24. The van der Waals surface area contributed by atoms with Crippen molar-refractivity contribution >= 4 is 16.8 Å². The minimum atomic E-state index is -0.643. The number of nitrogens with one attached hydrogen (secondary N) is 2. The third-order valence-corrected chi connectivity index (χ3v) is 5.93. The fourth-order valence-corrected chi connectivity index (χ4v) is 4.11. The molecular formula is C28H28F2N2O4. The van der Waals surface area contributed by atoms with Gasteiger partial charge in [-0.25, -0.2) is 8.78 Å². The number of aliphatic hydroxyl groups excluding tert-OH is 1. The maximum Gasteiger partial charge on any atom is 0.255 e. The SMILES string of the molecule is CCCOc1ccc(-c2cccc(OC)c2F)cc1C(=O)NC(CO)Cc1c[nH]c2ccc(F)cc12. The molecule has 0 saturated carbocycles. The van der Waals surface area contributed by atoms with Crippen molar-refractivity contribution in [2.75, 3.05) is 20.3 Å². The first-order valence-electron chi connectivity index (χ1n) is 11.7. The van der Waals surface area contributed by atoms with Gasteiger partial charge in [-0.2, -0.15) is 0 Å². The van der Waals surface area contributed by atoms with Crippen LogP contribution in [0.25, 0.3) is 22.0 Å². The molecule has 0 radical (unpaired) electrons. The number of H-pyrrole nitrogens is 1. The lowest BCUT2D eigenvalue weighted by molar-refractivity contribution is 0.0912. The number of ether oxygens (including phenoxy) is 2. The standard InChI is InChI=1S/C28H28F2N2O4/c1-3-11-36-25-10-7-17(21-5-4-6-26(35-2)27(21)30)13-23(25)28(34)32-20(16-33)12-18-15-31-24-9-8-19(29)14-22(18)24/h4-10,13-15,20,31,33H,3,11-12,16H2,1-2H3,(H,32,34). The van der Waals surface area contributed by atoms with E-state index in [4.69, 9.17) is 9.47 Å². The van der Waals surface area contributed by atoms with E-state index in [-0.39, 0.29) is 35.7 Å². The molecule has 36 heavy (non-hydrogen) atoms. The molecule has 3 aromatic carbocycles. The lowest BCUT2D eigenvalue weighted by Crippen LogP contribution is -2.39. The number of rotatable bonds is 10. The van der Waals surface area contributed by atoms with Crippen molar-refractivity contribution in [1.29, 1.82) is 0 Å². The Morgan fingerprint density at radius 3 is 2.69 bits per heavy atom. The van der Waals surface area contributed by atoms with E-state index >= 15 is 0 Å². The molecule has 0 spiro atoms. The van der Waals surface area contributed by atoms with Gasteiger partial charge in [-0.15, -0.1) is 0 Å². The number of aliphatic hydroxyl groups is 1. The number of benzene rings is 3. The van der Waals surface area contributed by atoms with Crippen LogP contribution in [0.15, 0.2) is 60.8 Å². The van der Waals surface area contributed by atoms with Gasteiger partial charge in [0.25, 0.3) is 5.91 Å². The quantitative estimate of drug-likeness (QED) is 0.281. The van der Waals surface area contributed by atoms with E-state index in [1.165, 1.54) is 25.3 Å². The Kier molecular flexibility index (Phi) is 7.85.